The third-order valence-electron chi connectivity index (χ3n) is 2.21. The highest BCUT2D eigenvalue weighted by atomic mass is 35.5. The van der Waals surface area contributed by atoms with Crippen molar-refractivity contribution in [3.8, 4) is 0 Å². The number of hydrogen-bond donors (Lipinski definition) is 1. The molecule has 0 aliphatic carbocycles. The minimum absolute atomic E-state index is 0.142. The Kier molecular flexibility index (Phi) is 6.58. The van der Waals surface area contributed by atoms with E-state index in [2.05, 4.69) is 10.3 Å². The van der Waals surface area contributed by atoms with Crippen LogP contribution in [0.3, 0.4) is 0 Å². The second-order valence-electron chi connectivity index (χ2n) is 3.55. The summed E-state index contributed by atoms with van der Waals surface area (Å²) in [6.45, 7) is 3.70. The molecule has 4 nitrogen and oxygen atoms in total. The number of rotatable bonds is 7. The van der Waals surface area contributed by atoms with Gasteiger partial charge in [0.15, 0.2) is 0 Å². The molecule has 0 fully saturated rings. The fraction of sp³-hybridized carbons (Fsp3) is 0.500. The van der Waals surface area contributed by atoms with Crippen molar-refractivity contribution in [2.24, 2.45) is 0 Å². The van der Waals surface area contributed by atoms with Crippen LogP contribution in [0, 0.1) is 0 Å². The molecule has 0 atom stereocenters. The molecule has 1 aromatic heterocycles. The van der Waals surface area contributed by atoms with Gasteiger partial charge in [0.2, 0.25) is 0 Å². The Morgan fingerprint density at radius 3 is 3.12 bits per heavy atom. The van der Waals surface area contributed by atoms with Gasteiger partial charge in [-0.3, -0.25) is 9.78 Å². The minimum Gasteiger partial charge on any atom is -0.466 e. The molecule has 0 amide bonds. The number of carbonyl (C=O) groups excluding carboxylic acids is 1. The maximum Gasteiger partial charge on any atom is 0.305 e. The Balaban J connectivity index is 2.13. The Bertz CT molecular complexity index is 358. The average Bonchev–Trinajstić information content (AvgIpc) is 2.31. The molecule has 0 saturated heterocycles. The number of aromatic nitrogens is 1. The standard InChI is InChI=1S/C12H17ClN2O2/c1-2-17-12(16)4-3-6-14-8-10-5-7-15-9-11(10)13/h5,7,9,14H,2-4,6,8H2,1H3. The van der Waals surface area contributed by atoms with E-state index in [1.807, 2.05) is 13.0 Å². The van der Waals surface area contributed by atoms with Crippen LogP contribution in [-0.4, -0.2) is 24.1 Å². The second kappa shape index (κ2) is 8.03. The molecule has 0 aromatic carbocycles. The van der Waals surface area contributed by atoms with Gasteiger partial charge in [-0.25, -0.2) is 0 Å². The zero-order chi connectivity index (χ0) is 12.5. The van der Waals surface area contributed by atoms with Crippen molar-refractivity contribution in [3.05, 3.63) is 29.0 Å². The van der Waals surface area contributed by atoms with Crippen molar-refractivity contribution in [1.29, 1.82) is 0 Å². The number of carbonyl (C=O) groups is 1. The number of nitrogens with zero attached hydrogens (tertiary/aromatic N) is 1. The molecular formula is C12H17ClN2O2. The van der Waals surface area contributed by atoms with Crippen LogP contribution in [0.4, 0.5) is 0 Å². The average molecular weight is 257 g/mol. The predicted octanol–water partition coefficient (Wildman–Crippen LogP) is 2.17. The lowest BCUT2D eigenvalue weighted by atomic mass is 10.2. The quantitative estimate of drug-likeness (QED) is 0.600. The molecule has 0 aliphatic rings. The zero-order valence-electron chi connectivity index (χ0n) is 9.91. The van der Waals surface area contributed by atoms with Crippen molar-refractivity contribution >= 4 is 17.6 Å². The van der Waals surface area contributed by atoms with Gasteiger partial charge in [0.05, 0.1) is 11.6 Å². The Morgan fingerprint density at radius 2 is 2.41 bits per heavy atom. The highest BCUT2D eigenvalue weighted by molar-refractivity contribution is 6.31. The molecule has 0 spiro atoms. The van der Waals surface area contributed by atoms with Crippen molar-refractivity contribution < 1.29 is 9.53 Å². The number of pyridine rings is 1. The van der Waals surface area contributed by atoms with E-state index in [4.69, 9.17) is 16.3 Å². The topological polar surface area (TPSA) is 51.2 Å². The van der Waals surface area contributed by atoms with E-state index in [1.54, 1.807) is 12.4 Å². The van der Waals surface area contributed by atoms with Gasteiger partial charge in [-0.15, -0.1) is 0 Å². The van der Waals surface area contributed by atoms with Gasteiger partial charge >= 0.3 is 5.97 Å². The zero-order valence-corrected chi connectivity index (χ0v) is 10.7. The molecule has 0 radical (unpaired) electrons. The highest BCUT2D eigenvalue weighted by Gasteiger charge is 2.01. The first-order chi connectivity index (χ1) is 8.24. The molecule has 17 heavy (non-hydrogen) atoms. The third-order valence-corrected chi connectivity index (χ3v) is 2.55. The molecule has 1 aromatic rings. The SMILES string of the molecule is CCOC(=O)CCCNCc1ccncc1Cl. The van der Waals surface area contributed by atoms with E-state index in [0.717, 1.165) is 18.5 Å². The Labute approximate surface area is 106 Å². The molecule has 94 valence electrons. The molecule has 0 saturated carbocycles. The molecule has 1 heterocycles. The fourth-order valence-corrected chi connectivity index (χ4v) is 1.55. The largest absolute Gasteiger partial charge is 0.466 e. The van der Waals surface area contributed by atoms with E-state index in [9.17, 15) is 4.79 Å². The number of ether oxygens (including phenoxy) is 1. The summed E-state index contributed by atoms with van der Waals surface area (Å²) in [6, 6.07) is 1.88. The lowest BCUT2D eigenvalue weighted by molar-refractivity contribution is -0.143. The number of hydrogen-bond acceptors (Lipinski definition) is 4. The number of esters is 1. The predicted molar refractivity (Wildman–Crippen MR) is 66.8 cm³/mol. The third kappa shape index (κ3) is 5.65. The lowest BCUT2D eigenvalue weighted by Gasteiger charge is -2.06. The molecule has 0 unspecified atom stereocenters. The molecule has 5 heteroatoms. The summed E-state index contributed by atoms with van der Waals surface area (Å²) < 4.78 is 4.83. The monoisotopic (exact) mass is 256 g/mol. The van der Waals surface area contributed by atoms with Crippen LogP contribution in [0.1, 0.15) is 25.3 Å². The highest BCUT2D eigenvalue weighted by Crippen LogP contribution is 2.12. The first kappa shape index (κ1) is 13.9. The van der Waals surface area contributed by atoms with Crippen molar-refractivity contribution in [1.82, 2.24) is 10.3 Å². The summed E-state index contributed by atoms with van der Waals surface area (Å²) in [5, 5.41) is 3.88. The smallest absolute Gasteiger partial charge is 0.305 e. The van der Waals surface area contributed by atoms with Crippen molar-refractivity contribution in [3.63, 3.8) is 0 Å². The maximum atomic E-state index is 11.1. The van der Waals surface area contributed by atoms with E-state index in [0.29, 0.717) is 24.6 Å². The van der Waals surface area contributed by atoms with Gasteiger partial charge in [0.25, 0.3) is 0 Å². The molecule has 0 aliphatic heterocycles. The Hall–Kier alpha value is -1.13. The maximum absolute atomic E-state index is 11.1. The van der Waals surface area contributed by atoms with Crippen LogP contribution < -0.4 is 5.32 Å². The second-order valence-corrected chi connectivity index (χ2v) is 3.96. The van der Waals surface area contributed by atoms with Gasteiger partial charge < -0.3 is 10.1 Å². The molecule has 0 bridgehead atoms. The first-order valence-corrected chi connectivity index (χ1v) is 6.06. The van der Waals surface area contributed by atoms with Crippen LogP contribution in [0.5, 0.6) is 0 Å². The molecule has 1 N–H and O–H groups in total. The normalized spacial score (nSPS) is 10.2. The van der Waals surface area contributed by atoms with Crippen molar-refractivity contribution in [2.45, 2.75) is 26.3 Å². The van der Waals surface area contributed by atoms with Crippen LogP contribution in [0.25, 0.3) is 0 Å². The van der Waals surface area contributed by atoms with Gasteiger partial charge in [-0.2, -0.15) is 0 Å². The summed E-state index contributed by atoms with van der Waals surface area (Å²) in [6.07, 6.45) is 4.55. The van der Waals surface area contributed by atoms with Crippen LogP contribution in [0.2, 0.25) is 5.02 Å². The summed E-state index contributed by atoms with van der Waals surface area (Å²) >= 11 is 5.95. The Morgan fingerprint density at radius 1 is 1.59 bits per heavy atom. The van der Waals surface area contributed by atoms with Crippen LogP contribution >= 0.6 is 11.6 Å². The van der Waals surface area contributed by atoms with Gasteiger partial charge in [0, 0.05) is 25.4 Å². The van der Waals surface area contributed by atoms with Gasteiger partial charge in [-0.1, -0.05) is 11.6 Å². The van der Waals surface area contributed by atoms with Crippen LogP contribution in [0.15, 0.2) is 18.5 Å². The summed E-state index contributed by atoms with van der Waals surface area (Å²) in [5.74, 6) is -0.142. The summed E-state index contributed by atoms with van der Waals surface area (Å²) in [5.41, 5.74) is 1.01. The van der Waals surface area contributed by atoms with Gasteiger partial charge in [0.1, 0.15) is 0 Å². The van der Waals surface area contributed by atoms with Crippen LogP contribution in [-0.2, 0) is 16.1 Å². The van der Waals surface area contributed by atoms with E-state index < -0.39 is 0 Å². The summed E-state index contributed by atoms with van der Waals surface area (Å²) in [4.78, 5) is 15.0. The van der Waals surface area contributed by atoms with E-state index >= 15 is 0 Å². The summed E-state index contributed by atoms with van der Waals surface area (Å²) in [7, 11) is 0. The first-order valence-electron chi connectivity index (χ1n) is 5.68. The van der Waals surface area contributed by atoms with Crippen molar-refractivity contribution in [2.75, 3.05) is 13.2 Å². The van der Waals surface area contributed by atoms with E-state index in [-0.39, 0.29) is 5.97 Å². The van der Waals surface area contributed by atoms with E-state index in [1.165, 1.54) is 0 Å². The van der Waals surface area contributed by atoms with Gasteiger partial charge in [-0.05, 0) is 31.5 Å². The molecular weight excluding hydrogens is 240 g/mol. The lowest BCUT2D eigenvalue weighted by Crippen LogP contribution is -2.16. The minimum atomic E-state index is -0.142. The number of halogens is 1. The number of nitrogens with one attached hydrogen (secondary N) is 1. The fourth-order valence-electron chi connectivity index (χ4n) is 1.36. The molecule has 1 rings (SSSR count).